The van der Waals surface area contributed by atoms with Gasteiger partial charge in [0.15, 0.2) is 12.4 Å². The molecule has 0 bridgehead atoms. The van der Waals surface area contributed by atoms with Crippen molar-refractivity contribution >= 4 is 5.97 Å². The van der Waals surface area contributed by atoms with Crippen LogP contribution in [-0.4, -0.2) is 52.0 Å². The van der Waals surface area contributed by atoms with E-state index in [9.17, 15) is 20.1 Å². The Bertz CT molecular complexity index is 722. The molecule has 27 heavy (non-hydrogen) atoms. The first-order valence-electron chi connectivity index (χ1n) is 8.61. The van der Waals surface area contributed by atoms with Gasteiger partial charge in [0, 0.05) is 0 Å². The molecule has 1 saturated heterocycles. The summed E-state index contributed by atoms with van der Waals surface area (Å²) in [6, 6.07) is 18.4. The van der Waals surface area contributed by atoms with Crippen molar-refractivity contribution in [1.82, 2.24) is 0 Å². The summed E-state index contributed by atoms with van der Waals surface area (Å²) in [5, 5.41) is 30.1. The molecular weight excluding hydrogens is 352 g/mol. The Balaban J connectivity index is 1.69. The third-order valence-corrected chi connectivity index (χ3v) is 4.35. The zero-order valence-corrected chi connectivity index (χ0v) is 14.5. The monoisotopic (exact) mass is 374 g/mol. The van der Waals surface area contributed by atoms with Crippen LogP contribution in [0.3, 0.4) is 0 Å². The maximum atomic E-state index is 11.5. The zero-order chi connectivity index (χ0) is 19.2. The molecule has 2 aromatic rings. The predicted molar refractivity (Wildman–Crippen MR) is 94.6 cm³/mol. The molecule has 3 N–H and O–H groups in total. The van der Waals surface area contributed by atoms with Gasteiger partial charge in [-0.25, -0.2) is 4.79 Å². The lowest BCUT2D eigenvalue weighted by Gasteiger charge is -2.40. The number of hydrogen-bond acceptors (Lipinski definition) is 6. The normalized spacial score (nSPS) is 28.0. The Labute approximate surface area is 156 Å². The third-order valence-electron chi connectivity index (χ3n) is 4.35. The number of aliphatic carboxylic acids is 1. The summed E-state index contributed by atoms with van der Waals surface area (Å²) in [6.45, 7) is 0.226. The first kappa shape index (κ1) is 19.5. The molecule has 1 fully saturated rings. The quantitative estimate of drug-likeness (QED) is 0.671. The highest BCUT2D eigenvalue weighted by Crippen LogP contribution is 2.26. The molecule has 5 atom stereocenters. The molecule has 1 aliphatic rings. The first-order valence-corrected chi connectivity index (χ1v) is 8.61. The van der Waals surface area contributed by atoms with Gasteiger partial charge in [0.25, 0.3) is 0 Å². The average Bonchev–Trinajstić information content (AvgIpc) is 2.68. The van der Waals surface area contributed by atoms with Crippen molar-refractivity contribution in [1.29, 1.82) is 0 Å². The topological polar surface area (TPSA) is 105 Å². The minimum Gasteiger partial charge on any atom is -0.479 e. The average molecular weight is 374 g/mol. The van der Waals surface area contributed by atoms with Crippen molar-refractivity contribution in [2.45, 2.75) is 43.9 Å². The number of hydrogen-bond donors (Lipinski definition) is 3. The number of carboxylic acid groups (broad SMARTS) is 1. The highest BCUT2D eigenvalue weighted by molar-refractivity contribution is 5.73. The number of benzene rings is 2. The molecule has 0 aromatic heterocycles. The molecule has 3 rings (SSSR count). The molecule has 7 heteroatoms. The van der Waals surface area contributed by atoms with Gasteiger partial charge in [-0.1, -0.05) is 60.7 Å². The van der Waals surface area contributed by atoms with Crippen molar-refractivity contribution in [3.05, 3.63) is 71.8 Å². The van der Waals surface area contributed by atoms with E-state index in [1.165, 1.54) is 0 Å². The number of aliphatic hydroxyl groups is 2. The van der Waals surface area contributed by atoms with Gasteiger partial charge in [0.05, 0.1) is 13.2 Å². The molecule has 0 unspecified atom stereocenters. The molecule has 7 nitrogen and oxygen atoms in total. The van der Waals surface area contributed by atoms with Crippen molar-refractivity contribution in [2.24, 2.45) is 0 Å². The molecule has 1 heterocycles. The van der Waals surface area contributed by atoms with E-state index >= 15 is 0 Å². The molecule has 2 aromatic carbocycles. The smallest absolute Gasteiger partial charge is 0.335 e. The van der Waals surface area contributed by atoms with Crippen molar-refractivity contribution in [3.63, 3.8) is 0 Å². The summed E-state index contributed by atoms with van der Waals surface area (Å²) in [6.07, 6.45) is -6.78. The summed E-state index contributed by atoms with van der Waals surface area (Å²) in [7, 11) is 0. The van der Waals surface area contributed by atoms with Crippen molar-refractivity contribution in [2.75, 3.05) is 0 Å². The van der Waals surface area contributed by atoms with Gasteiger partial charge in [0.2, 0.25) is 0 Å². The Morgan fingerprint density at radius 2 is 1.33 bits per heavy atom. The minimum atomic E-state index is -1.58. The van der Waals surface area contributed by atoms with Crippen LogP contribution < -0.4 is 0 Å². The Morgan fingerprint density at radius 1 is 0.852 bits per heavy atom. The van der Waals surface area contributed by atoms with Crippen LogP contribution in [0.1, 0.15) is 11.1 Å². The van der Waals surface area contributed by atoms with Gasteiger partial charge in [-0.3, -0.25) is 0 Å². The number of carboxylic acids is 1. The molecule has 0 radical (unpaired) electrons. The molecule has 0 amide bonds. The van der Waals surface area contributed by atoms with Crippen LogP contribution in [-0.2, 0) is 32.2 Å². The van der Waals surface area contributed by atoms with Gasteiger partial charge in [-0.15, -0.1) is 0 Å². The summed E-state index contributed by atoms with van der Waals surface area (Å²) >= 11 is 0. The van der Waals surface area contributed by atoms with Crippen LogP contribution in [0.25, 0.3) is 0 Å². The van der Waals surface area contributed by atoms with E-state index in [1.54, 1.807) is 0 Å². The standard InChI is InChI=1S/C20H22O7/c21-15-16(25-11-13-7-3-1-4-8-13)18(19(22)23)27-20(24)17(15)26-12-14-9-5-2-6-10-14/h1-10,15-18,20-21,24H,11-12H2,(H,22,23)/t15-,16-,17+,18-,20-/m0/s1. The van der Waals surface area contributed by atoms with E-state index in [-0.39, 0.29) is 13.2 Å². The van der Waals surface area contributed by atoms with E-state index in [0.29, 0.717) is 0 Å². The molecule has 0 saturated carbocycles. The summed E-state index contributed by atoms with van der Waals surface area (Å²) in [4.78, 5) is 11.5. The summed E-state index contributed by atoms with van der Waals surface area (Å²) in [5.74, 6) is -1.33. The largest absolute Gasteiger partial charge is 0.479 e. The number of carbonyl (C=O) groups is 1. The van der Waals surface area contributed by atoms with Crippen molar-refractivity contribution in [3.8, 4) is 0 Å². The minimum absolute atomic E-state index is 0.0945. The lowest BCUT2D eigenvalue weighted by Crippen LogP contribution is -2.61. The van der Waals surface area contributed by atoms with Crippen LogP contribution in [0.2, 0.25) is 0 Å². The second-order valence-electron chi connectivity index (χ2n) is 6.30. The SMILES string of the molecule is O=C(O)[C@H]1O[C@H](O)[C@H](OCc2ccccc2)[C@@H](O)[C@@H]1OCc1ccccc1. The fourth-order valence-corrected chi connectivity index (χ4v) is 2.94. The molecular formula is C20H22O7. The van der Waals surface area contributed by atoms with Crippen LogP contribution in [0.15, 0.2) is 60.7 Å². The highest BCUT2D eigenvalue weighted by Gasteiger charge is 2.49. The Morgan fingerprint density at radius 3 is 1.81 bits per heavy atom. The maximum absolute atomic E-state index is 11.5. The second kappa shape index (κ2) is 9.07. The van der Waals surface area contributed by atoms with Gasteiger partial charge < -0.3 is 29.5 Å². The fraction of sp³-hybridized carbons (Fsp3) is 0.350. The first-order chi connectivity index (χ1) is 13.1. The van der Waals surface area contributed by atoms with Crippen LogP contribution >= 0.6 is 0 Å². The van der Waals surface area contributed by atoms with Crippen molar-refractivity contribution < 1.29 is 34.3 Å². The summed E-state index contributed by atoms with van der Waals surface area (Å²) < 4.78 is 16.4. The summed E-state index contributed by atoms with van der Waals surface area (Å²) in [5.41, 5.74) is 1.67. The molecule has 144 valence electrons. The zero-order valence-electron chi connectivity index (χ0n) is 14.5. The van der Waals surface area contributed by atoms with E-state index in [0.717, 1.165) is 11.1 Å². The highest BCUT2D eigenvalue weighted by atomic mass is 16.7. The fourth-order valence-electron chi connectivity index (χ4n) is 2.94. The van der Waals surface area contributed by atoms with Gasteiger partial charge in [-0.05, 0) is 11.1 Å². The third kappa shape index (κ3) is 4.91. The number of ether oxygens (including phenoxy) is 3. The lowest BCUT2D eigenvalue weighted by atomic mass is 9.98. The van der Waals surface area contributed by atoms with E-state index in [4.69, 9.17) is 14.2 Å². The van der Waals surface area contributed by atoms with E-state index in [1.807, 2.05) is 60.7 Å². The maximum Gasteiger partial charge on any atom is 0.335 e. The van der Waals surface area contributed by atoms with Gasteiger partial charge in [-0.2, -0.15) is 0 Å². The predicted octanol–water partition coefficient (Wildman–Crippen LogP) is 1.32. The number of aliphatic hydroxyl groups excluding tert-OH is 2. The van der Waals surface area contributed by atoms with Crippen LogP contribution in [0, 0.1) is 0 Å². The Hall–Kier alpha value is -2.29. The van der Waals surface area contributed by atoms with Gasteiger partial charge in [0.1, 0.15) is 18.3 Å². The van der Waals surface area contributed by atoms with Crippen LogP contribution in [0.4, 0.5) is 0 Å². The molecule has 0 aliphatic carbocycles. The van der Waals surface area contributed by atoms with E-state index in [2.05, 4.69) is 0 Å². The Kier molecular flexibility index (Phi) is 6.54. The van der Waals surface area contributed by atoms with Gasteiger partial charge >= 0.3 is 5.97 Å². The van der Waals surface area contributed by atoms with Crippen LogP contribution in [0.5, 0.6) is 0 Å². The molecule has 1 aliphatic heterocycles. The van der Waals surface area contributed by atoms with E-state index < -0.39 is 36.7 Å². The second-order valence-corrected chi connectivity index (χ2v) is 6.30. The molecule has 0 spiro atoms. The number of rotatable bonds is 7. The lowest BCUT2D eigenvalue weighted by molar-refractivity contribution is -0.299.